The van der Waals surface area contributed by atoms with Crippen molar-refractivity contribution in [3.8, 4) is 6.07 Å². The Morgan fingerprint density at radius 1 is 1.26 bits per heavy atom. The molecule has 158 valence electrons. The molecule has 0 bridgehead atoms. The van der Waals surface area contributed by atoms with Crippen LogP contribution in [0.1, 0.15) is 38.0 Å². The Kier molecular flexibility index (Phi) is 4.60. The quantitative estimate of drug-likeness (QED) is 0.645. The number of aromatic nitrogens is 3. The fourth-order valence-corrected chi connectivity index (χ4v) is 3.32. The van der Waals surface area contributed by atoms with Gasteiger partial charge in [-0.25, -0.2) is 0 Å². The van der Waals surface area contributed by atoms with Crippen LogP contribution in [0.15, 0.2) is 54.8 Å². The number of nitrogens with one attached hydrogen (secondary N) is 1. The number of rotatable bonds is 6. The summed E-state index contributed by atoms with van der Waals surface area (Å²) in [6, 6.07) is 10.7. The number of amides is 1. The molecular formula is C22H18F3N5O. The normalized spacial score (nSPS) is 15.5. The van der Waals surface area contributed by atoms with Gasteiger partial charge in [0.1, 0.15) is 6.07 Å². The molecule has 1 N–H and O–H groups in total. The number of benzene rings is 1. The monoisotopic (exact) mass is 427 g/mol. The van der Waals surface area contributed by atoms with Crippen molar-refractivity contribution in [2.45, 2.75) is 37.4 Å². The summed E-state index contributed by atoms with van der Waals surface area (Å²) in [5.41, 5.74) is -0.141. The first-order valence-electron chi connectivity index (χ1n) is 10.5. The Labute approximate surface area is 179 Å². The smallest absolute Gasteiger partial charge is 0.309 e. The summed E-state index contributed by atoms with van der Waals surface area (Å²) >= 11 is 0. The predicted octanol–water partition coefficient (Wildman–Crippen LogP) is 3.97. The van der Waals surface area contributed by atoms with Crippen LogP contribution < -0.4 is 5.32 Å². The van der Waals surface area contributed by atoms with E-state index in [1.54, 1.807) is 12.1 Å². The van der Waals surface area contributed by atoms with Gasteiger partial charge in [0.15, 0.2) is 5.82 Å². The average Bonchev–Trinajstić information content (AvgIpc) is 3.56. The van der Waals surface area contributed by atoms with E-state index >= 15 is 0 Å². The molecular weight excluding hydrogens is 407 g/mol. The summed E-state index contributed by atoms with van der Waals surface area (Å²) in [6.45, 7) is 0.0781. The molecule has 1 saturated carbocycles. The molecule has 1 aliphatic carbocycles. The van der Waals surface area contributed by atoms with E-state index in [-0.39, 0.29) is 49.4 Å². The topological polar surface area (TPSA) is 83.6 Å². The van der Waals surface area contributed by atoms with E-state index in [9.17, 15) is 18.0 Å². The predicted molar refractivity (Wildman–Crippen MR) is 106 cm³/mol. The number of pyridine rings is 1. The largest absolute Gasteiger partial charge is 0.398 e. The molecule has 3 aromatic rings. The number of halogens is 3. The molecule has 0 atom stereocenters. The minimum atomic E-state index is -4.30. The lowest BCUT2D eigenvalue weighted by Crippen LogP contribution is -2.28. The standard InChI is InChI=1S/C22H18F3N5O/c23-22(24,25)21(8-9-21)17-4-1-15(2-5-17)11-20(31)28-19-7-10-30(29-19)14-18-6-3-16(12-26)13-27-18/h1-7,10,13H,8-9,11,14H2,(H,28,29,31)/i7D,10D. The third-order valence-electron chi connectivity index (χ3n) is 5.21. The van der Waals surface area contributed by atoms with Crippen molar-refractivity contribution >= 4 is 11.7 Å². The van der Waals surface area contributed by atoms with Crippen molar-refractivity contribution in [2.75, 3.05) is 5.32 Å². The lowest BCUT2D eigenvalue weighted by atomic mass is 9.94. The number of anilines is 1. The molecule has 2 heterocycles. The second-order valence-electron chi connectivity index (χ2n) is 7.39. The summed E-state index contributed by atoms with van der Waals surface area (Å²) in [4.78, 5) is 16.5. The zero-order chi connectivity index (χ0) is 23.8. The first kappa shape index (κ1) is 18.1. The zero-order valence-corrected chi connectivity index (χ0v) is 16.2. The van der Waals surface area contributed by atoms with Gasteiger partial charge in [-0.1, -0.05) is 24.3 Å². The van der Waals surface area contributed by atoms with Gasteiger partial charge in [0.25, 0.3) is 0 Å². The minimum absolute atomic E-state index is 0.0682. The molecule has 0 saturated heterocycles. The van der Waals surface area contributed by atoms with E-state index in [2.05, 4.69) is 15.4 Å². The minimum Gasteiger partial charge on any atom is -0.309 e. The summed E-state index contributed by atoms with van der Waals surface area (Å²) in [5.74, 6) is -0.598. The number of alkyl halides is 3. The Morgan fingerprint density at radius 2 is 2.00 bits per heavy atom. The van der Waals surface area contributed by atoms with E-state index in [4.69, 9.17) is 8.00 Å². The van der Waals surface area contributed by atoms with E-state index in [0.29, 0.717) is 16.8 Å². The van der Waals surface area contributed by atoms with Crippen molar-refractivity contribution in [1.82, 2.24) is 14.8 Å². The fourth-order valence-electron chi connectivity index (χ4n) is 3.32. The van der Waals surface area contributed by atoms with Crippen molar-refractivity contribution in [1.29, 1.82) is 5.26 Å². The van der Waals surface area contributed by atoms with E-state index in [1.807, 2.05) is 6.07 Å². The van der Waals surface area contributed by atoms with Gasteiger partial charge in [-0.3, -0.25) is 14.5 Å². The highest BCUT2D eigenvalue weighted by Crippen LogP contribution is 2.58. The van der Waals surface area contributed by atoms with Crippen molar-refractivity contribution < 1.29 is 20.7 Å². The van der Waals surface area contributed by atoms with Crippen LogP contribution in [0.5, 0.6) is 0 Å². The summed E-state index contributed by atoms with van der Waals surface area (Å²) in [7, 11) is 0. The van der Waals surface area contributed by atoms with E-state index < -0.39 is 17.5 Å². The lowest BCUT2D eigenvalue weighted by Gasteiger charge is -2.19. The number of nitrogens with zero attached hydrogens (tertiary/aromatic N) is 4. The molecule has 9 heteroatoms. The Balaban J connectivity index is 1.41. The van der Waals surface area contributed by atoms with Gasteiger partial charge in [0.05, 0.1) is 32.4 Å². The molecule has 0 unspecified atom stereocenters. The molecule has 4 rings (SSSR count). The summed E-state index contributed by atoms with van der Waals surface area (Å²) in [6.07, 6.45) is -3.11. The molecule has 1 aromatic carbocycles. The number of carbonyl (C=O) groups excluding carboxylic acids is 1. The summed E-state index contributed by atoms with van der Waals surface area (Å²) in [5, 5.41) is 15.4. The van der Waals surface area contributed by atoms with Crippen LogP contribution in [0.2, 0.25) is 0 Å². The highest BCUT2D eigenvalue weighted by Gasteiger charge is 2.64. The Morgan fingerprint density at radius 3 is 2.58 bits per heavy atom. The van der Waals surface area contributed by atoms with Crippen molar-refractivity contribution in [3.05, 3.63) is 77.2 Å². The zero-order valence-electron chi connectivity index (χ0n) is 18.2. The third kappa shape index (κ3) is 4.43. The molecule has 2 aromatic heterocycles. The SMILES string of the molecule is [2H]c1c(NC(=O)Cc2ccc(C3(C(F)(F)F)CC3)cc2)nn(Cc2ccc(C#N)cn2)c1[2H]. The van der Waals surface area contributed by atoms with Crippen molar-refractivity contribution in [2.24, 2.45) is 0 Å². The van der Waals surface area contributed by atoms with Gasteiger partial charge < -0.3 is 5.32 Å². The molecule has 0 radical (unpaired) electrons. The van der Waals surface area contributed by atoms with Crippen LogP contribution >= 0.6 is 0 Å². The maximum absolute atomic E-state index is 13.3. The highest BCUT2D eigenvalue weighted by molar-refractivity contribution is 5.91. The molecule has 6 nitrogen and oxygen atoms in total. The number of carbonyl (C=O) groups is 1. The van der Waals surface area contributed by atoms with Crippen LogP contribution in [-0.2, 0) is 23.2 Å². The van der Waals surface area contributed by atoms with Gasteiger partial charge >= 0.3 is 6.18 Å². The second-order valence-corrected chi connectivity index (χ2v) is 7.39. The maximum atomic E-state index is 13.3. The highest BCUT2D eigenvalue weighted by atomic mass is 19.4. The van der Waals surface area contributed by atoms with Gasteiger partial charge in [0, 0.05) is 18.4 Å². The van der Waals surface area contributed by atoms with Crippen LogP contribution in [0, 0.1) is 11.3 Å². The van der Waals surface area contributed by atoms with E-state index in [0.717, 1.165) is 0 Å². The van der Waals surface area contributed by atoms with Gasteiger partial charge in [-0.15, -0.1) is 0 Å². The molecule has 1 amide bonds. The van der Waals surface area contributed by atoms with Crippen LogP contribution in [0.3, 0.4) is 0 Å². The van der Waals surface area contributed by atoms with Crippen LogP contribution in [0.25, 0.3) is 0 Å². The number of hydrogen-bond acceptors (Lipinski definition) is 4. The molecule has 1 fully saturated rings. The molecule has 31 heavy (non-hydrogen) atoms. The number of hydrogen-bond donors (Lipinski definition) is 1. The molecule has 1 aliphatic rings. The van der Waals surface area contributed by atoms with Crippen LogP contribution in [0.4, 0.5) is 19.0 Å². The van der Waals surface area contributed by atoms with Gasteiger partial charge in [-0.2, -0.15) is 23.5 Å². The van der Waals surface area contributed by atoms with E-state index in [1.165, 1.54) is 35.1 Å². The summed E-state index contributed by atoms with van der Waals surface area (Å²) < 4.78 is 57.0. The Bertz CT molecular complexity index is 1230. The van der Waals surface area contributed by atoms with Crippen LogP contribution in [-0.4, -0.2) is 26.8 Å². The third-order valence-corrected chi connectivity index (χ3v) is 5.21. The first-order chi connectivity index (χ1) is 15.6. The van der Waals surface area contributed by atoms with Crippen molar-refractivity contribution in [3.63, 3.8) is 0 Å². The molecule has 0 spiro atoms. The van der Waals surface area contributed by atoms with Gasteiger partial charge in [-0.05, 0) is 36.1 Å². The number of nitriles is 1. The second kappa shape index (κ2) is 7.87. The fraction of sp³-hybridized carbons (Fsp3) is 0.273. The first-order valence-corrected chi connectivity index (χ1v) is 9.48. The van der Waals surface area contributed by atoms with Gasteiger partial charge in [0.2, 0.25) is 5.91 Å². The lowest BCUT2D eigenvalue weighted by molar-refractivity contribution is -0.160. The molecule has 0 aliphatic heterocycles. The maximum Gasteiger partial charge on any atom is 0.398 e. The average molecular weight is 427 g/mol. The Hall–Kier alpha value is -3.67.